The van der Waals surface area contributed by atoms with Gasteiger partial charge in [0.25, 0.3) is 5.91 Å². The number of anilines is 1. The lowest BCUT2D eigenvalue weighted by atomic mass is 9.78. The maximum atomic E-state index is 12.7. The summed E-state index contributed by atoms with van der Waals surface area (Å²) in [7, 11) is 0. The second-order valence-electron chi connectivity index (χ2n) is 9.79. The van der Waals surface area contributed by atoms with E-state index in [1.165, 1.54) is 0 Å². The third-order valence-corrected chi connectivity index (χ3v) is 5.55. The Morgan fingerprint density at radius 1 is 1.03 bits per heavy atom. The van der Waals surface area contributed by atoms with Crippen LogP contribution in [0.3, 0.4) is 0 Å². The van der Waals surface area contributed by atoms with Crippen molar-refractivity contribution in [1.29, 1.82) is 0 Å². The molecule has 29 heavy (non-hydrogen) atoms. The van der Waals surface area contributed by atoms with E-state index >= 15 is 0 Å². The second-order valence-corrected chi connectivity index (χ2v) is 10.2. The maximum Gasteiger partial charge on any atom is 0.256 e. The van der Waals surface area contributed by atoms with Gasteiger partial charge >= 0.3 is 0 Å². The van der Waals surface area contributed by atoms with Gasteiger partial charge < -0.3 is 10.4 Å². The van der Waals surface area contributed by atoms with Crippen LogP contribution in [0.25, 0.3) is 11.6 Å². The van der Waals surface area contributed by atoms with Crippen LogP contribution in [0.4, 0.5) is 5.69 Å². The molecule has 1 aliphatic heterocycles. The van der Waals surface area contributed by atoms with Gasteiger partial charge in [-0.3, -0.25) is 4.79 Å². The Hall–Kier alpha value is -2.26. The number of hydrogen-bond acceptors (Lipinski definition) is 2. The minimum atomic E-state index is -0.220. The van der Waals surface area contributed by atoms with Crippen molar-refractivity contribution in [1.82, 2.24) is 0 Å². The number of hydrogen-bond donors (Lipinski definition) is 2. The van der Waals surface area contributed by atoms with Crippen LogP contribution in [-0.4, -0.2) is 16.9 Å². The van der Waals surface area contributed by atoms with Gasteiger partial charge in [-0.1, -0.05) is 53.7 Å². The first-order valence-electron chi connectivity index (χ1n) is 10.0. The number of halogens is 1. The predicted octanol–water partition coefficient (Wildman–Crippen LogP) is 6.26. The third kappa shape index (κ3) is 4.35. The fraction of sp³-hybridized carbons (Fsp3) is 0.400. The van der Waals surface area contributed by atoms with Crippen molar-refractivity contribution in [2.24, 2.45) is 0 Å². The van der Waals surface area contributed by atoms with E-state index in [1.54, 1.807) is 0 Å². The molecule has 3 rings (SSSR count). The summed E-state index contributed by atoms with van der Waals surface area (Å²) in [6.07, 6.45) is 2.56. The van der Waals surface area contributed by atoms with Gasteiger partial charge in [-0.15, -0.1) is 11.6 Å². The standard InChI is InChI=1S/C25H30ClNO2/c1-24(2,3)17-12-16(22(28)20(14-17)25(4,5)6)13-19-18-11-15(9-10-26)7-8-21(18)27-23(19)29/h7-8,11-14,28H,9-10H2,1-6H3,(H,27,29). The summed E-state index contributed by atoms with van der Waals surface area (Å²) in [5, 5.41) is 14.0. The van der Waals surface area contributed by atoms with Crippen LogP contribution in [0.2, 0.25) is 0 Å². The first kappa shape index (κ1) is 21.4. The van der Waals surface area contributed by atoms with Gasteiger partial charge in [0.1, 0.15) is 5.75 Å². The minimum absolute atomic E-state index is 0.0791. The zero-order valence-electron chi connectivity index (χ0n) is 18.1. The molecule has 0 spiro atoms. The lowest BCUT2D eigenvalue weighted by molar-refractivity contribution is -0.110. The highest BCUT2D eigenvalue weighted by Gasteiger charge is 2.28. The van der Waals surface area contributed by atoms with E-state index in [-0.39, 0.29) is 22.5 Å². The Bertz CT molecular complexity index is 991. The lowest BCUT2D eigenvalue weighted by Crippen LogP contribution is -2.17. The Morgan fingerprint density at radius 2 is 1.72 bits per heavy atom. The van der Waals surface area contributed by atoms with Gasteiger partial charge in [0.2, 0.25) is 0 Å². The molecule has 2 aromatic carbocycles. The molecule has 1 heterocycles. The number of carbonyl (C=O) groups is 1. The van der Waals surface area contributed by atoms with E-state index in [1.807, 2.05) is 30.3 Å². The Morgan fingerprint density at radius 3 is 2.31 bits per heavy atom. The molecule has 2 aromatic rings. The van der Waals surface area contributed by atoms with E-state index in [0.717, 1.165) is 34.4 Å². The quantitative estimate of drug-likeness (QED) is 0.462. The van der Waals surface area contributed by atoms with Gasteiger partial charge in [-0.2, -0.15) is 0 Å². The molecular formula is C25H30ClNO2. The first-order chi connectivity index (χ1) is 13.4. The number of phenols is 1. The van der Waals surface area contributed by atoms with Crippen molar-refractivity contribution in [3.63, 3.8) is 0 Å². The first-order valence-corrected chi connectivity index (χ1v) is 10.6. The molecule has 2 N–H and O–H groups in total. The normalized spacial score (nSPS) is 15.6. The van der Waals surface area contributed by atoms with Gasteiger partial charge in [0.15, 0.2) is 0 Å². The number of aryl methyl sites for hydroxylation is 1. The van der Waals surface area contributed by atoms with E-state index < -0.39 is 0 Å². The highest BCUT2D eigenvalue weighted by atomic mass is 35.5. The van der Waals surface area contributed by atoms with Crippen LogP contribution in [0.5, 0.6) is 5.75 Å². The third-order valence-electron chi connectivity index (χ3n) is 5.36. The van der Waals surface area contributed by atoms with Crippen LogP contribution in [0, 0.1) is 0 Å². The molecule has 0 saturated heterocycles. The average molecular weight is 412 g/mol. The van der Waals surface area contributed by atoms with E-state index in [2.05, 4.69) is 52.9 Å². The molecule has 154 valence electrons. The summed E-state index contributed by atoms with van der Waals surface area (Å²) in [4.78, 5) is 12.7. The molecule has 0 fully saturated rings. The number of carbonyl (C=O) groups excluding carboxylic acids is 1. The maximum absolute atomic E-state index is 12.7. The smallest absolute Gasteiger partial charge is 0.256 e. The minimum Gasteiger partial charge on any atom is -0.507 e. The number of benzene rings is 2. The zero-order chi connectivity index (χ0) is 21.6. The van der Waals surface area contributed by atoms with Crippen molar-refractivity contribution in [2.45, 2.75) is 58.8 Å². The highest BCUT2D eigenvalue weighted by molar-refractivity contribution is 6.35. The monoisotopic (exact) mass is 411 g/mol. The van der Waals surface area contributed by atoms with E-state index in [9.17, 15) is 9.90 Å². The average Bonchev–Trinajstić information content (AvgIpc) is 2.90. The van der Waals surface area contributed by atoms with Crippen molar-refractivity contribution in [3.05, 3.63) is 58.1 Å². The highest BCUT2D eigenvalue weighted by Crippen LogP contribution is 2.41. The topological polar surface area (TPSA) is 49.3 Å². The molecule has 0 radical (unpaired) electrons. The van der Waals surface area contributed by atoms with Crippen LogP contribution in [0.1, 0.15) is 69.4 Å². The van der Waals surface area contributed by atoms with E-state index in [4.69, 9.17) is 11.6 Å². The zero-order valence-corrected chi connectivity index (χ0v) is 18.9. The predicted molar refractivity (Wildman–Crippen MR) is 123 cm³/mol. The van der Waals surface area contributed by atoms with Gasteiger partial charge in [0, 0.05) is 33.8 Å². The molecule has 4 heteroatoms. The summed E-state index contributed by atoms with van der Waals surface area (Å²) in [5.74, 6) is 0.611. The summed E-state index contributed by atoms with van der Waals surface area (Å²) in [6, 6.07) is 9.99. The molecule has 0 aliphatic carbocycles. The molecule has 1 amide bonds. The lowest BCUT2D eigenvalue weighted by Gasteiger charge is -2.27. The van der Waals surface area contributed by atoms with Gasteiger partial charge in [-0.05, 0) is 52.7 Å². The number of fused-ring (bicyclic) bond motifs is 1. The van der Waals surface area contributed by atoms with Crippen LogP contribution in [0.15, 0.2) is 30.3 Å². The summed E-state index contributed by atoms with van der Waals surface area (Å²) in [6.45, 7) is 12.7. The Balaban J connectivity index is 2.21. The van der Waals surface area contributed by atoms with Crippen LogP contribution in [-0.2, 0) is 22.0 Å². The Labute approximate surface area is 178 Å². The molecule has 3 nitrogen and oxygen atoms in total. The second kappa shape index (κ2) is 7.53. The van der Waals surface area contributed by atoms with E-state index in [0.29, 0.717) is 17.0 Å². The molecule has 0 unspecified atom stereocenters. The summed E-state index contributed by atoms with van der Waals surface area (Å²) in [5.41, 5.74) is 5.68. The van der Waals surface area contributed by atoms with Crippen molar-refractivity contribution < 1.29 is 9.90 Å². The largest absolute Gasteiger partial charge is 0.507 e. The summed E-state index contributed by atoms with van der Waals surface area (Å²) < 4.78 is 0. The number of phenolic OH excluding ortho intramolecular Hbond substituents is 1. The number of rotatable bonds is 3. The molecule has 0 saturated carbocycles. The molecule has 0 aromatic heterocycles. The van der Waals surface area contributed by atoms with Gasteiger partial charge in [0.05, 0.1) is 0 Å². The van der Waals surface area contributed by atoms with Crippen molar-refractivity contribution in [3.8, 4) is 5.75 Å². The number of alkyl halides is 1. The fourth-order valence-corrected chi connectivity index (χ4v) is 3.79. The molecular weight excluding hydrogens is 382 g/mol. The van der Waals surface area contributed by atoms with Gasteiger partial charge in [-0.25, -0.2) is 0 Å². The number of aromatic hydroxyl groups is 1. The SMILES string of the molecule is CC(C)(C)c1cc(C=C2C(=O)Nc3ccc(CCCl)cc32)c(O)c(C(C)(C)C)c1. The van der Waals surface area contributed by atoms with Crippen molar-refractivity contribution >= 4 is 34.8 Å². The summed E-state index contributed by atoms with van der Waals surface area (Å²) >= 11 is 5.89. The molecule has 0 bridgehead atoms. The molecule has 1 aliphatic rings. The fourth-order valence-electron chi connectivity index (χ4n) is 3.57. The van der Waals surface area contributed by atoms with Crippen LogP contribution < -0.4 is 5.32 Å². The number of nitrogens with one attached hydrogen (secondary N) is 1. The number of amides is 1. The van der Waals surface area contributed by atoms with Crippen LogP contribution >= 0.6 is 11.6 Å². The Kier molecular flexibility index (Phi) is 5.57. The molecule has 0 atom stereocenters. The van der Waals surface area contributed by atoms with Crippen molar-refractivity contribution in [2.75, 3.05) is 11.2 Å².